The molecular formula is C19H18N2O2S2. The molecule has 1 aliphatic rings. The van der Waals surface area contributed by atoms with E-state index in [0.717, 1.165) is 25.2 Å². The highest BCUT2D eigenvalue weighted by Crippen LogP contribution is 2.33. The number of hydrogen-bond donors (Lipinski definition) is 1. The second-order valence-corrected chi connectivity index (χ2v) is 8.66. The maximum atomic E-state index is 12.7. The van der Waals surface area contributed by atoms with E-state index in [9.17, 15) is 8.42 Å². The van der Waals surface area contributed by atoms with Crippen molar-refractivity contribution in [1.29, 1.82) is 0 Å². The number of sulfonamides is 1. The van der Waals surface area contributed by atoms with Gasteiger partial charge in [0.2, 0.25) is 0 Å². The van der Waals surface area contributed by atoms with Crippen molar-refractivity contribution in [3.05, 3.63) is 76.5 Å². The van der Waals surface area contributed by atoms with Gasteiger partial charge in [-0.05, 0) is 47.7 Å². The van der Waals surface area contributed by atoms with Crippen LogP contribution >= 0.6 is 11.3 Å². The molecule has 1 aromatic heterocycles. The van der Waals surface area contributed by atoms with Gasteiger partial charge in [0, 0.05) is 18.0 Å². The molecule has 0 spiro atoms. The minimum atomic E-state index is -3.60. The van der Waals surface area contributed by atoms with Crippen LogP contribution in [0.5, 0.6) is 0 Å². The molecule has 0 radical (unpaired) electrons. The zero-order valence-corrected chi connectivity index (χ0v) is 15.2. The number of rotatable bonds is 4. The van der Waals surface area contributed by atoms with E-state index in [2.05, 4.69) is 21.1 Å². The Balaban J connectivity index is 1.64. The van der Waals surface area contributed by atoms with Crippen LogP contribution in [-0.2, 0) is 23.0 Å². The summed E-state index contributed by atoms with van der Waals surface area (Å²) in [5.41, 5.74) is 2.86. The summed E-state index contributed by atoms with van der Waals surface area (Å²) in [6.07, 6.45) is 0.993. The standard InChI is InChI=1S/C19H18N2O2S2/c22-25(23,16-6-2-1-3-7-16)20-17-8-4-5-9-18(17)21-12-10-19-15(14-21)11-13-24-19/h1-9,11,13,20H,10,12,14H2. The minimum absolute atomic E-state index is 0.267. The van der Waals surface area contributed by atoms with E-state index in [1.54, 1.807) is 41.7 Å². The van der Waals surface area contributed by atoms with Gasteiger partial charge in [0.05, 0.1) is 16.3 Å². The molecule has 1 aliphatic heterocycles. The first-order valence-electron chi connectivity index (χ1n) is 8.10. The van der Waals surface area contributed by atoms with Crippen LogP contribution in [0.15, 0.2) is 70.9 Å². The van der Waals surface area contributed by atoms with Gasteiger partial charge >= 0.3 is 0 Å². The quantitative estimate of drug-likeness (QED) is 0.752. The lowest BCUT2D eigenvalue weighted by atomic mass is 10.1. The molecule has 1 N–H and O–H groups in total. The van der Waals surface area contributed by atoms with Gasteiger partial charge in [-0.25, -0.2) is 8.42 Å². The monoisotopic (exact) mass is 370 g/mol. The van der Waals surface area contributed by atoms with E-state index >= 15 is 0 Å². The Morgan fingerprint density at radius 2 is 1.72 bits per heavy atom. The number of benzene rings is 2. The molecule has 2 heterocycles. The summed E-state index contributed by atoms with van der Waals surface area (Å²) in [4.78, 5) is 3.93. The third-order valence-electron chi connectivity index (χ3n) is 4.35. The molecule has 0 aliphatic carbocycles. The number of nitrogens with zero attached hydrogens (tertiary/aromatic N) is 1. The van der Waals surface area contributed by atoms with Crippen LogP contribution in [0.1, 0.15) is 10.4 Å². The second-order valence-electron chi connectivity index (χ2n) is 5.98. The van der Waals surface area contributed by atoms with Crippen molar-refractivity contribution in [3.63, 3.8) is 0 Å². The van der Waals surface area contributed by atoms with Crippen molar-refractivity contribution in [3.8, 4) is 0 Å². The van der Waals surface area contributed by atoms with E-state index in [4.69, 9.17) is 0 Å². The van der Waals surface area contributed by atoms with E-state index in [1.165, 1.54) is 10.4 Å². The zero-order valence-electron chi connectivity index (χ0n) is 13.6. The minimum Gasteiger partial charge on any atom is -0.365 e. The van der Waals surface area contributed by atoms with Crippen LogP contribution in [0.3, 0.4) is 0 Å². The zero-order chi connectivity index (χ0) is 17.3. The molecule has 0 fully saturated rings. The van der Waals surface area contributed by atoms with Crippen LogP contribution in [0.4, 0.5) is 11.4 Å². The van der Waals surface area contributed by atoms with Gasteiger partial charge in [0.25, 0.3) is 10.0 Å². The normalized spacial score (nSPS) is 14.2. The maximum absolute atomic E-state index is 12.7. The summed E-state index contributed by atoms with van der Waals surface area (Å²) in [7, 11) is -3.60. The molecule has 0 amide bonds. The van der Waals surface area contributed by atoms with Gasteiger partial charge < -0.3 is 4.90 Å². The highest BCUT2D eigenvalue weighted by Gasteiger charge is 2.21. The number of hydrogen-bond acceptors (Lipinski definition) is 4. The lowest BCUT2D eigenvalue weighted by Gasteiger charge is -2.30. The number of thiophene rings is 1. The highest BCUT2D eigenvalue weighted by atomic mass is 32.2. The summed E-state index contributed by atoms with van der Waals surface area (Å²) in [5, 5.41) is 2.12. The second kappa shape index (κ2) is 6.54. The van der Waals surface area contributed by atoms with Crippen molar-refractivity contribution >= 4 is 32.7 Å². The van der Waals surface area contributed by atoms with Gasteiger partial charge in [-0.1, -0.05) is 30.3 Å². The fourth-order valence-corrected chi connectivity index (χ4v) is 5.08. The van der Waals surface area contributed by atoms with Crippen molar-refractivity contribution in [2.45, 2.75) is 17.9 Å². The lowest BCUT2D eigenvalue weighted by molar-refractivity contribution is 0.601. The smallest absolute Gasteiger partial charge is 0.261 e. The summed E-state index contributed by atoms with van der Waals surface area (Å²) in [5.74, 6) is 0. The molecule has 3 aromatic rings. The Bertz CT molecular complexity index is 981. The summed E-state index contributed by atoms with van der Waals surface area (Å²) in [6.45, 7) is 1.69. The Labute approximate surface area is 151 Å². The fourth-order valence-electron chi connectivity index (χ4n) is 3.09. The van der Waals surface area contributed by atoms with Crippen LogP contribution in [-0.4, -0.2) is 15.0 Å². The molecule has 6 heteroatoms. The van der Waals surface area contributed by atoms with Gasteiger partial charge in [-0.2, -0.15) is 0 Å². The summed E-state index contributed by atoms with van der Waals surface area (Å²) >= 11 is 1.80. The Kier molecular flexibility index (Phi) is 4.23. The van der Waals surface area contributed by atoms with Crippen molar-refractivity contribution in [2.24, 2.45) is 0 Å². The van der Waals surface area contributed by atoms with E-state index in [1.807, 2.05) is 24.3 Å². The molecule has 0 bridgehead atoms. The van der Waals surface area contributed by atoms with Gasteiger partial charge in [0.15, 0.2) is 0 Å². The van der Waals surface area contributed by atoms with E-state index in [0.29, 0.717) is 5.69 Å². The molecule has 0 unspecified atom stereocenters. The highest BCUT2D eigenvalue weighted by molar-refractivity contribution is 7.92. The Hall–Kier alpha value is -2.31. The molecular weight excluding hydrogens is 352 g/mol. The molecule has 0 saturated carbocycles. The average molecular weight is 370 g/mol. The lowest BCUT2D eigenvalue weighted by Crippen LogP contribution is -2.30. The van der Waals surface area contributed by atoms with E-state index < -0.39 is 10.0 Å². The molecule has 0 atom stereocenters. The number of nitrogens with one attached hydrogen (secondary N) is 1. The van der Waals surface area contributed by atoms with Crippen LogP contribution in [0.25, 0.3) is 0 Å². The molecule has 4 rings (SSSR count). The average Bonchev–Trinajstić information content (AvgIpc) is 3.10. The molecule has 128 valence electrons. The van der Waals surface area contributed by atoms with Crippen molar-refractivity contribution in [2.75, 3.05) is 16.2 Å². The van der Waals surface area contributed by atoms with Crippen LogP contribution in [0, 0.1) is 0 Å². The third kappa shape index (κ3) is 3.27. The maximum Gasteiger partial charge on any atom is 0.261 e. The SMILES string of the molecule is O=S(=O)(Nc1ccccc1N1CCc2sccc2C1)c1ccccc1. The fraction of sp³-hybridized carbons (Fsp3) is 0.158. The summed E-state index contributed by atoms with van der Waals surface area (Å²) in [6, 6.07) is 18.2. The largest absolute Gasteiger partial charge is 0.365 e. The third-order valence-corrected chi connectivity index (χ3v) is 6.75. The summed E-state index contributed by atoms with van der Waals surface area (Å²) < 4.78 is 28.1. The molecule has 2 aromatic carbocycles. The number of fused-ring (bicyclic) bond motifs is 1. The Morgan fingerprint density at radius 1 is 0.960 bits per heavy atom. The molecule has 4 nitrogen and oxygen atoms in total. The van der Waals surface area contributed by atoms with Gasteiger partial charge in [-0.3, -0.25) is 4.72 Å². The Morgan fingerprint density at radius 3 is 2.56 bits per heavy atom. The van der Waals surface area contributed by atoms with Crippen molar-refractivity contribution < 1.29 is 8.42 Å². The number of para-hydroxylation sites is 2. The first-order valence-corrected chi connectivity index (χ1v) is 10.5. The topological polar surface area (TPSA) is 49.4 Å². The van der Waals surface area contributed by atoms with Gasteiger partial charge in [0.1, 0.15) is 0 Å². The van der Waals surface area contributed by atoms with E-state index in [-0.39, 0.29) is 4.90 Å². The van der Waals surface area contributed by atoms with Crippen LogP contribution < -0.4 is 9.62 Å². The first-order chi connectivity index (χ1) is 12.1. The molecule has 25 heavy (non-hydrogen) atoms. The molecule has 0 saturated heterocycles. The predicted molar refractivity (Wildman–Crippen MR) is 103 cm³/mol. The van der Waals surface area contributed by atoms with Crippen LogP contribution in [0.2, 0.25) is 0 Å². The van der Waals surface area contributed by atoms with Gasteiger partial charge in [-0.15, -0.1) is 11.3 Å². The van der Waals surface area contributed by atoms with Crippen molar-refractivity contribution in [1.82, 2.24) is 0 Å². The first kappa shape index (κ1) is 16.2. The predicted octanol–water partition coefficient (Wildman–Crippen LogP) is 4.11. The number of anilines is 2.